The van der Waals surface area contributed by atoms with E-state index in [1.165, 1.54) is 11.1 Å². The standard InChI is InChI=1S/C12H18N2O/c1-9-5-6-11(7-10(9)2)8-12(15)13-14(3)4/h5-7H,8H2,1-4H3,(H,13,15). The predicted molar refractivity (Wildman–Crippen MR) is 61.4 cm³/mol. The number of hydrogen-bond acceptors (Lipinski definition) is 2. The highest BCUT2D eigenvalue weighted by molar-refractivity contribution is 5.78. The van der Waals surface area contributed by atoms with Gasteiger partial charge < -0.3 is 0 Å². The lowest BCUT2D eigenvalue weighted by molar-refractivity contribution is -0.124. The highest BCUT2D eigenvalue weighted by Gasteiger charge is 2.04. The van der Waals surface area contributed by atoms with Crippen LogP contribution in [0, 0.1) is 13.8 Å². The lowest BCUT2D eigenvalue weighted by Crippen LogP contribution is -2.37. The Bertz CT molecular complexity index is 359. The van der Waals surface area contributed by atoms with Crippen LogP contribution >= 0.6 is 0 Å². The average Bonchev–Trinajstić information content (AvgIpc) is 2.10. The van der Waals surface area contributed by atoms with Crippen LogP contribution in [0.3, 0.4) is 0 Å². The van der Waals surface area contributed by atoms with Crippen molar-refractivity contribution in [3.05, 3.63) is 34.9 Å². The van der Waals surface area contributed by atoms with Crippen LogP contribution in [-0.4, -0.2) is 25.0 Å². The van der Waals surface area contributed by atoms with Gasteiger partial charge in [0.25, 0.3) is 0 Å². The van der Waals surface area contributed by atoms with E-state index in [1.807, 2.05) is 12.1 Å². The van der Waals surface area contributed by atoms with E-state index in [4.69, 9.17) is 0 Å². The number of benzene rings is 1. The van der Waals surface area contributed by atoms with E-state index in [9.17, 15) is 4.79 Å². The second kappa shape index (κ2) is 4.94. The molecule has 0 atom stereocenters. The van der Waals surface area contributed by atoms with Gasteiger partial charge in [0.1, 0.15) is 0 Å². The Morgan fingerprint density at radius 1 is 1.27 bits per heavy atom. The molecule has 1 N–H and O–H groups in total. The molecule has 15 heavy (non-hydrogen) atoms. The van der Waals surface area contributed by atoms with Gasteiger partial charge >= 0.3 is 0 Å². The molecule has 0 aliphatic carbocycles. The second-order valence-electron chi connectivity index (χ2n) is 4.02. The molecule has 0 heterocycles. The van der Waals surface area contributed by atoms with Crippen molar-refractivity contribution in [3.63, 3.8) is 0 Å². The first-order chi connectivity index (χ1) is 6.99. The van der Waals surface area contributed by atoms with Crippen molar-refractivity contribution in [2.45, 2.75) is 20.3 Å². The molecule has 0 unspecified atom stereocenters. The molecule has 0 aliphatic rings. The quantitative estimate of drug-likeness (QED) is 0.759. The Labute approximate surface area is 91.1 Å². The highest BCUT2D eigenvalue weighted by atomic mass is 16.2. The molecule has 0 fully saturated rings. The highest BCUT2D eigenvalue weighted by Crippen LogP contribution is 2.10. The minimum absolute atomic E-state index is 0.0169. The van der Waals surface area contributed by atoms with Gasteiger partial charge in [-0.2, -0.15) is 0 Å². The van der Waals surface area contributed by atoms with Gasteiger partial charge in [-0.05, 0) is 30.5 Å². The van der Waals surface area contributed by atoms with E-state index in [0.29, 0.717) is 6.42 Å². The van der Waals surface area contributed by atoms with Gasteiger partial charge in [-0.25, -0.2) is 5.01 Å². The molecule has 0 spiro atoms. The molecule has 1 rings (SSSR count). The summed E-state index contributed by atoms with van der Waals surface area (Å²) in [6, 6.07) is 6.11. The van der Waals surface area contributed by atoms with Crippen molar-refractivity contribution in [1.29, 1.82) is 0 Å². The number of carbonyl (C=O) groups is 1. The molecule has 0 aliphatic heterocycles. The van der Waals surface area contributed by atoms with Gasteiger partial charge in [0.2, 0.25) is 5.91 Å². The van der Waals surface area contributed by atoms with Gasteiger partial charge in [-0.3, -0.25) is 10.2 Å². The smallest absolute Gasteiger partial charge is 0.238 e. The summed E-state index contributed by atoms with van der Waals surface area (Å²) in [4.78, 5) is 11.5. The minimum Gasteiger partial charge on any atom is -0.289 e. The first-order valence-corrected chi connectivity index (χ1v) is 5.02. The van der Waals surface area contributed by atoms with Crippen molar-refractivity contribution in [3.8, 4) is 0 Å². The van der Waals surface area contributed by atoms with Crippen molar-refractivity contribution in [1.82, 2.24) is 10.4 Å². The van der Waals surface area contributed by atoms with Gasteiger partial charge in [-0.1, -0.05) is 18.2 Å². The minimum atomic E-state index is 0.0169. The van der Waals surface area contributed by atoms with Gasteiger partial charge in [0.15, 0.2) is 0 Å². The van der Waals surface area contributed by atoms with Crippen molar-refractivity contribution < 1.29 is 4.79 Å². The van der Waals surface area contributed by atoms with Gasteiger partial charge in [0, 0.05) is 14.1 Å². The lowest BCUT2D eigenvalue weighted by atomic mass is 10.0. The molecule has 3 nitrogen and oxygen atoms in total. The summed E-state index contributed by atoms with van der Waals surface area (Å²) in [7, 11) is 3.61. The van der Waals surface area contributed by atoms with E-state index in [1.54, 1.807) is 19.1 Å². The zero-order valence-corrected chi connectivity index (χ0v) is 9.79. The third-order valence-electron chi connectivity index (χ3n) is 2.28. The molecular formula is C12H18N2O. The number of hydrogen-bond donors (Lipinski definition) is 1. The number of aryl methyl sites for hydroxylation is 2. The molecule has 1 aromatic rings. The SMILES string of the molecule is Cc1ccc(CC(=O)NN(C)C)cc1C. The Hall–Kier alpha value is -1.35. The molecule has 1 aromatic carbocycles. The maximum absolute atomic E-state index is 11.5. The number of carbonyl (C=O) groups excluding carboxylic acids is 1. The number of nitrogens with one attached hydrogen (secondary N) is 1. The molecule has 0 aromatic heterocycles. The van der Waals surface area contributed by atoms with E-state index in [0.717, 1.165) is 5.56 Å². The molecular weight excluding hydrogens is 188 g/mol. The summed E-state index contributed by atoms with van der Waals surface area (Å²) < 4.78 is 0. The molecule has 3 heteroatoms. The Morgan fingerprint density at radius 2 is 1.93 bits per heavy atom. The lowest BCUT2D eigenvalue weighted by Gasteiger charge is -2.12. The fourth-order valence-corrected chi connectivity index (χ4v) is 1.39. The average molecular weight is 206 g/mol. The van der Waals surface area contributed by atoms with Crippen LogP contribution in [0.2, 0.25) is 0 Å². The van der Waals surface area contributed by atoms with Crippen molar-refractivity contribution in [2.75, 3.05) is 14.1 Å². The summed E-state index contributed by atoms with van der Waals surface area (Å²) in [6.07, 6.45) is 0.430. The number of amides is 1. The number of rotatable bonds is 3. The fraction of sp³-hybridized carbons (Fsp3) is 0.417. The monoisotopic (exact) mass is 206 g/mol. The first-order valence-electron chi connectivity index (χ1n) is 5.02. The Balaban J connectivity index is 2.65. The molecule has 0 radical (unpaired) electrons. The number of nitrogens with zero attached hydrogens (tertiary/aromatic N) is 1. The zero-order valence-electron chi connectivity index (χ0n) is 9.79. The zero-order chi connectivity index (χ0) is 11.4. The van der Waals surface area contributed by atoms with Crippen LogP contribution < -0.4 is 5.43 Å². The van der Waals surface area contributed by atoms with E-state index >= 15 is 0 Å². The first kappa shape index (κ1) is 11.7. The molecule has 0 saturated carbocycles. The Morgan fingerprint density at radius 3 is 2.47 bits per heavy atom. The molecule has 1 amide bonds. The molecule has 0 bridgehead atoms. The van der Waals surface area contributed by atoms with E-state index in [-0.39, 0.29) is 5.91 Å². The van der Waals surface area contributed by atoms with Crippen LogP contribution in [-0.2, 0) is 11.2 Å². The normalized spacial score (nSPS) is 10.5. The van der Waals surface area contributed by atoms with Crippen LogP contribution in [0.1, 0.15) is 16.7 Å². The van der Waals surface area contributed by atoms with Gasteiger partial charge in [0.05, 0.1) is 6.42 Å². The Kier molecular flexibility index (Phi) is 3.86. The van der Waals surface area contributed by atoms with Gasteiger partial charge in [-0.15, -0.1) is 0 Å². The third kappa shape index (κ3) is 3.72. The number of hydrazine groups is 1. The van der Waals surface area contributed by atoms with Crippen LogP contribution in [0.4, 0.5) is 0 Å². The van der Waals surface area contributed by atoms with E-state index in [2.05, 4.69) is 25.3 Å². The van der Waals surface area contributed by atoms with Crippen molar-refractivity contribution in [2.24, 2.45) is 0 Å². The summed E-state index contributed by atoms with van der Waals surface area (Å²) >= 11 is 0. The van der Waals surface area contributed by atoms with Crippen LogP contribution in [0.25, 0.3) is 0 Å². The molecule has 82 valence electrons. The third-order valence-corrected chi connectivity index (χ3v) is 2.28. The maximum atomic E-state index is 11.5. The van der Waals surface area contributed by atoms with Crippen LogP contribution in [0.15, 0.2) is 18.2 Å². The summed E-state index contributed by atoms with van der Waals surface area (Å²) in [5.74, 6) is 0.0169. The summed E-state index contributed by atoms with van der Waals surface area (Å²) in [5.41, 5.74) is 6.26. The van der Waals surface area contributed by atoms with Crippen molar-refractivity contribution >= 4 is 5.91 Å². The molecule has 0 saturated heterocycles. The van der Waals surface area contributed by atoms with E-state index < -0.39 is 0 Å². The largest absolute Gasteiger partial charge is 0.289 e. The summed E-state index contributed by atoms with van der Waals surface area (Å²) in [6.45, 7) is 4.13. The predicted octanol–water partition coefficient (Wildman–Crippen LogP) is 1.44. The summed E-state index contributed by atoms with van der Waals surface area (Å²) in [5, 5.41) is 1.66. The van der Waals surface area contributed by atoms with Crippen LogP contribution in [0.5, 0.6) is 0 Å². The maximum Gasteiger partial charge on any atom is 0.238 e. The second-order valence-corrected chi connectivity index (χ2v) is 4.02. The fourth-order valence-electron chi connectivity index (χ4n) is 1.39. The topological polar surface area (TPSA) is 32.3 Å².